The van der Waals surface area contributed by atoms with E-state index in [9.17, 15) is 0 Å². The smallest absolute Gasteiger partial charge is 0.216 e. The molecular weight excluding hydrogens is 200 g/mol. The lowest BCUT2D eigenvalue weighted by molar-refractivity contribution is 0.283. The van der Waals surface area contributed by atoms with E-state index in [1.165, 1.54) is 0 Å². The van der Waals surface area contributed by atoms with Crippen molar-refractivity contribution < 1.29 is 5.11 Å². The minimum absolute atomic E-state index is 0.296. The van der Waals surface area contributed by atoms with Crippen molar-refractivity contribution in [1.29, 1.82) is 0 Å². The first-order valence-corrected chi connectivity index (χ1v) is 5.73. The molecule has 0 saturated carbocycles. The van der Waals surface area contributed by atoms with Gasteiger partial charge in [0.2, 0.25) is 11.1 Å². The summed E-state index contributed by atoms with van der Waals surface area (Å²) in [4.78, 5) is 3.98. The summed E-state index contributed by atoms with van der Waals surface area (Å²) in [6.07, 6.45) is 4.26. The van der Waals surface area contributed by atoms with Gasteiger partial charge >= 0.3 is 0 Å². The van der Waals surface area contributed by atoms with Gasteiger partial charge < -0.3 is 10.8 Å². The van der Waals surface area contributed by atoms with Gasteiger partial charge in [0.15, 0.2) is 0 Å². The van der Waals surface area contributed by atoms with Crippen LogP contribution < -0.4 is 5.73 Å². The number of hydrogen-bond donors (Lipinski definition) is 3. The first-order chi connectivity index (χ1) is 6.83. The van der Waals surface area contributed by atoms with Gasteiger partial charge in [0.25, 0.3) is 0 Å². The van der Waals surface area contributed by atoms with Crippen LogP contribution >= 0.6 is 11.8 Å². The zero-order valence-corrected chi connectivity index (χ0v) is 8.89. The fourth-order valence-electron chi connectivity index (χ4n) is 1.05. The maximum Gasteiger partial charge on any atom is 0.216 e. The van der Waals surface area contributed by atoms with Crippen LogP contribution in [-0.4, -0.2) is 32.6 Å². The minimum Gasteiger partial charge on any atom is -0.396 e. The second-order valence-electron chi connectivity index (χ2n) is 2.99. The van der Waals surface area contributed by atoms with Crippen LogP contribution in [-0.2, 0) is 0 Å². The zero-order valence-electron chi connectivity index (χ0n) is 8.07. The lowest BCUT2D eigenvalue weighted by Crippen LogP contribution is -1.86. The number of aliphatic hydroxyl groups excluding tert-OH is 1. The van der Waals surface area contributed by atoms with Gasteiger partial charge in [0.05, 0.1) is 0 Å². The number of aromatic nitrogens is 3. The van der Waals surface area contributed by atoms with Gasteiger partial charge in [-0.15, -0.1) is 5.10 Å². The predicted molar refractivity (Wildman–Crippen MR) is 57.1 cm³/mol. The molecule has 0 aliphatic heterocycles. The van der Waals surface area contributed by atoms with E-state index in [0.717, 1.165) is 31.4 Å². The summed E-state index contributed by atoms with van der Waals surface area (Å²) in [5.41, 5.74) is 5.38. The number of hydrogen-bond acceptors (Lipinski definition) is 5. The van der Waals surface area contributed by atoms with Crippen LogP contribution in [0.25, 0.3) is 0 Å². The summed E-state index contributed by atoms with van der Waals surface area (Å²) < 4.78 is 0. The molecule has 0 atom stereocenters. The summed E-state index contributed by atoms with van der Waals surface area (Å²) in [6.45, 7) is 0.296. The zero-order chi connectivity index (χ0) is 10.2. The summed E-state index contributed by atoms with van der Waals surface area (Å²) in [6, 6.07) is 0. The molecule has 80 valence electrons. The Balaban J connectivity index is 1.99. The topological polar surface area (TPSA) is 87.8 Å². The number of unbranched alkanes of at least 4 members (excludes halogenated alkanes) is 3. The van der Waals surface area contributed by atoms with Crippen molar-refractivity contribution in [3.05, 3.63) is 0 Å². The molecule has 0 saturated heterocycles. The molecule has 0 aliphatic carbocycles. The number of H-pyrrole nitrogens is 1. The Labute approximate surface area is 87.5 Å². The van der Waals surface area contributed by atoms with Gasteiger partial charge in [-0.3, -0.25) is 0 Å². The highest BCUT2D eigenvalue weighted by molar-refractivity contribution is 7.99. The molecule has 5 nitrogen and oxygen atoms in total. The van der Waals surface area contributed by atoms with E-state index >= 15 is 0 Å². The predicted octanol–water partition coefficient (Wildman–Crippen LogP) is 1.03. The molecule has 0 bridgehead atoms. The Morgan fingerprint density at radius 3 is 2.71 bits per heavy atom. The highest BCUT2D eigenvalue weighted by Crippen LogP contribution is 2.15. The number of nitrogens with zero attached hydrogens (tertiary/aromatic N) is 2. The fraction of sp³-hybridized carbons (Fsp3) is 0.750. The Morgan fingerprint density at radius 1 is 1.29 bits per heavy atom. The molecule has 1 aromatic heterocycles. The van der Waals surface area contributed by atoms with Gasteiger partial charge in [-0.2, -0.15) is 4.98 Å². The normalized spacial score (nSPS) is 10.6. The van der Waals surface area contributed by atoms with Crippen LogP contribution in [0, 0.1) is 0 Å². The summed E-state index contributed by atoms with van der Waals surface area (Å²) in [5, 5.41) is 15.8. The number of aromatic amines is 1. The van der Waals surface area contributed by atoms with E-state index < -0.39 is 0 Å². The average molecular weight is 216 g/mol. The van der Waals surface area contributed by atoms with Gasteiger partial charge in [-0.25, -0.2) is 5.10 Å². The van der Waals surface area contributed by atoms with Gasteiger partial charge in [0, 0.05) is 12.4 Å². The van der Waals surface area contributed by atoms with Crippen LogP contribution in [0.2, 0.25) is 0 Å². The molecule has 0 fully saturated rings. The molecular formula is C8H16N4OS. The molecule has 14 heavy (non-hydrogen) atoms. The Kier molecular flexibility index (Phi) is 5.39. The third-order valence-electron chi connectivity index (χ3n) is 1.77. The number of rotatable bonds is 7. The van der Waals surface area contributed by atoms with Crippen LogP contribution in [0.1, 0.15) is 25.7 Å². The van der Waals surface area contributed by atoms with Crippen LogP contribution in [0.5, 0.6) is 0 Å². The molecule has 1 aromatic rings. The first kappa shape index (κ1) is 11.3. The molecule has 4 N–H and O–H groups in total. The maximum absolute atomic E-state index is 8.56. The Bertz CT molecular complexity index is 253. The van der Waals surface area contributed by atoms with Crippen molar-refractivity contribution >= 4 is 17.7 Å². The molecule has 0 radical (unpaired) electrons. The monoisotopic (exact) mass is 216 g/mol. The minimum atomic E-state index is 0.296. The Hall–Kier alpha value is -0.750. The number of thioether (sulfide) groups is 1. The lowest BCUT2D eigenvalue weighted by Gasteiger charge is -1.97. The first-order valence-electron chi connectivity index (χ1n) is 4.74. The van der Waals surface area contributed by atoms with Crippen molar-refractivity contribution in [3.63, 3.8) is 0 Å². The SMILES string of the molecule is Nc1nc(SCCCCCCO)n[nH]1. The van der Waals surface area contributed by atoms with Crippen molar-refractivity contribution in [2.45, 2.75) is 30.8 Å². The number of nitrogen functional groups attached to an aromatic ring is 1. The molecule has 0 amide bonds. The van der Waals surface area contributed by atoms with Gasteiger partial charge in [-0.1, -0.05) is 24.6 Å². The van der Waals surface area contributed by atoms with Crippen molar-refractivity contribution in [1.82, 2.24) is 15.2 Å². The quantitative estimate of drug-likeness (QED) is 0.468. The molecule has 0 aromatic carbocycles. The van der Waals surface area contributed by atoms with Crippen molar-refractivity contribution in [2.24, 2.45) is 0 Å². The van der Waals surface area contributed by atoms with Gasteiger partial charge in [0.1, 0.15) is 0 Å². The molecule has 0 aliphatic rings. The third-order valence-corrected chi connectivity index (χ3v) is 2.70. The number of anilines is 1. The fourth-order valence-corrected chi connectivity index (χ4v) is 1.86. The van der Waals surface area contributed by atoms with Crippen LogP contribution in [0.4, 0.5) is 5.95 Å². The Morgan fingerprint density at radius 2 is 2.07 bits per heavy atom. The van der Waals surface area contributed by atoms with E-state index in [-0.39, 0.29) is 0 Å². The largest absolute Gasteiger partial charge is 0.396 e. The van der Waals surface area contributed by atoms with E-state index in [1.54, 1.807) is 11.8 Å². The van der Waals surface area contributed by atoms with E-state index in [0.29, 0.717) is 17.7 Å². The van der Waals surface area contributed by atoms with Crippen LogP contribution in [0.15, 0.2) is 5.16 Å². The van der Waals surface area contributed by atoms with E-state index in [2.05, 4.69) is 15.2 Å². The molecule has 0 spiro atoms. The number of nitrogens with two attached hydrogens (primary N) is 1. The molecule has 0 unspecified atom stereocenters. The second kappa shape index (κ2) is 6.67. The number of aliphatic hydroxyl groups is 1. The van der Waals surface area contributed by atoms with E-state index in [4.69, 9.17) is 10.8 Å². The second-order valence-corrected chi connectivity index (χ2v) is 4.05. The molecule has 6 heteroatoms. The van der Waals surface area contributed by atoms with Crippen molar-refractivity contribution in [2.75, 3.05) is 18.1 Å². The summed E-state index contributed by atoms with van der Waals surface area (Å²) in [7, 11) is 0. The standard InChI is InChI=1S/C8H16N4OS/c9-7-10-8(12-11-7)14-6-4-2-1-3-5-13/h13H,1-6H2,(H3,9,10,11,12). The molecule has 1 rings (SSSR count). The number of nitrogens with one attached hydrogen (secondary N) is 1. The highest BCUT2D eigenvalue weighted by atomic mass is 32.2. The summed E-state index contributed by atoms with van der Waals surface area (Å²) in [5.74, 6) is 1.37. The lowest BCUT2D eigenvalue weighted by atomic mass is 10.2. The molecule has 1 heterocycles. The van der Waals surface area contributed by atoms with Crippen LogP contribution in [0.3, 0.4) is 0 Å². The van der Waals surface area contributed by atoms with Crippen molar-refractivity contribution in [3.8, 4) is 0 Å². The van der Waals surface area contributed by atoms with Gasteiger partial charge in [-0.05, 0) is 12.8 Å². The van der Waals surface area contributed by atoms with E-state index in [1.807, 2.05) is 0 Å². The highest BCUT2D eigenvalue weighted by Gasteiger charge is 1.99. The summed E-state index contributed by atoms with van der Waals surface area (Å²) >= 11 is 1.60. The average Bonchev–Trinajstić information content (AvgIpc) is 2.58. The third kappa shape index (κ3) is 4.48. The maximum atomic E-state index is 8.56.